The first kappa shape index (κ1) is 18.2. The second-order valence-corrected chi connectivity index (χ2v) is 9.02. The van der Waals surface area contributed by atoms with E-state index in [0.29, 0.717) is 18.0 Å². The van der Waals surface area contributed by atoms with Crippen molar-refractivity contribution in [2.24, 2.45) is 0 Å². The average molecular weight is 382 g/mol. The van der Waals surface area contributed by atoms with Crippen molar-refractivity contribution in [3.8, 4) is 11.5 Å². The molecule has 5 nitrogen and oxygen atoms in total. The summed E-state index contributed by atoms with van der Waals surface area (Å²) in [6.07, 6.45) is 4.30. The molecular weight excluding hydrogens is 358 g/mol. The molecule has 1 N–H and O–H groups in total. The maximum atomic E-state index is 12.8. The van der Waals surface area contributed by atoms with E-state index in [2.05, 4.69) is 16.2 Å². The van der Waals surface area contributed by atoms with E-state index in [1.54, 1.807) is 17.4 Å². The molecule has 0 atom stereocenters. The molecule has 1 aliphatic rings. The van der Waals surface area contributed by atoms with Crippen molar-refractivity contribution in [3.63, 3.8) is 0 Å². The largest absolute Gasteiger partial charge is 0.493 e. The molecule has 0 unspecified atom stereocenters. The van der Waals surface area contributed by atoms with Gasteiger partial charge in [-0.2, -0.15) is 0 Å². The third-order valence-electron chi connectivity index (χ3n) is 4.87. The van der Waals surface area contributed by atoms with Crippen LogP contribution in [0.5, 0.6) is 11.5 Å². The fraction of sp³-hybridized carbons (Fsp3) is 0.444. The summed E-state index contributed by atoms with van der Waals surface area (Å²) in [5.74, 6) is 0.909. The first-order valence-electron chi connectivity index (χ1n) is 8.26. The number of benzene rings is 1. The summed E-state index contributed by atoms with van der Waals surface area (Å²) >= 11 is 1.71. The maximum absolute atomic E-state index is 12.8. The van der Waals surface area contributed by atoms with Gasteiger partial charge in [0, 0.05) is 22.9 Å². The van der Waals surface area contributed by atoms with E-state index in [9.17, 15) is 8.42 Å². The van der Waals surface area contributed by atoms with Crippen molar-refractivity contribution in [3.05, 3.63) is 40.6 Å². The van der Waals surface area contributed by atoms with Gasteiger partial charge in [0.1, 0.15) is 0 Å². The minimum Gasteiger partial charge on any atom is -0.493 e. The zero-order valence-electron chi connectivity index (χ0n) is 14.4. The summed E-state index contributed by atoms with van der Waals surface area (Å²) in [6, 6.07) is 8.78. The second-order valence-electron chi connectivity index (χ2n) is 6.31. The molecule has 1 saturated carbocycles. The number of nitrogens with one attached hydrogen (secondary N) is 1. The molecule has 0 saturated heterocycles. The Hall–Kier alpha value is -1.57. The summed E-state index contributed by atoms with van der Waals surface area (Å²) in [7, 11) is -0.600. The van der Waals surface area contributed by atoms with Crippen molar-refractivity contribution in [2.45, 2.75) is 36.0 Å². The Morgan fingerprint density at radius 2 is 1.84 bits per heavy atom. The van der Waals surface area contributed by atoms with Gasteiger partial charge < -0.3 is 9.47 Å². The van der Waals surface area contributed by atoms with Crippen LogP contribution in [0.4, 0.5) is 0 Å². The number of ether oxygens (including phenoxy) is 2. The highest BCUT2D eigenvalue weighted by Crippen LogP contribution is 2.43. The Morgan fingerprint density at radius 1 is 1.12 bits per heavy atom. The molecule has 136 valence electrons. The summed E-state index contributed by atoms with van der Waals surface area (Å²) in [6.45, 7) is 0.421. The summed E-state index contributed by atoms with van der Waals surface area (Å²) in [5, 5.41) is 2.05. The smallest absolute Gasteiger partial charge is 0.240 e. The van der Waals surface area contributed by atoms with Crippen LogP contribution in [0, 0.1) is 0 Å². The third-order valence-corrected chi connectivity index (χ3v) is 7.39. The third kappa shape index (κ3) is 3.68. The lowest BCUT2D eigenvalue weighted by atomic mass is 9.85. The lowest BCUT2D eigenvalue weighted by Crippen LogP contribution is -2.38. The predicted octanol–water partition coefficient (Wildman–Crippen LogP) is 3.56. The van der Waals surface area contributed by atoms with Gasteiger partial charge in [0.15, 0.2) is 11.5 Å². The molecule has 0 radical (unpaired) electrons. The van der Waals surface area contributed by atoms with Crippen LogP contribution >= 0.6 is 11.3 Å². The molecule has 1 aromatic heterocycles. The number of thiophene rings is 1. The summed E-state index contributed by atoms with van der Waals surface area (Å²) in [4.78, 5) is 1.45. The fourth-order valence-electron chi connectivity index (χ4n) is 3.44. The van der Waals surface area contributed by atoms with Gasteiger partial charge in [0.2, 0.25) is 10.0 Å². The molecule has 0 spiro atoms. The Labute approximate surface area is 153 Å². The Kier molecular flexibility index (Phi) is 5.36. The van der Waals surface area contributed by atoms with Gasteiger partial charge in [0.05, 0.1) is 19.1 Å². The van der Waals surface area contributed by atoms with Crippen LogP contribution in [0.25, 0.3) is 0 Å². The number of methoxy groups -OCH3 is 2. The molecule has 1 aliphatic carbocycles. The Bertz CT molecular complexity index is 810. The van der Waals surface area contributed by atoms with E-state index in [-0.39, 0.29) is 10.3 Å². The van der Waals surface area contributed by atoms with Gasteiger partial charge in [-0.05, 0) is 36.4 Å². The standard InChI is InChI=1S/C18H23NO4S2/c1-22-15-8-7-14(12-16(15)23-2)25(20,21)19-13-18(9-3-4-10-18)17-6-5-11-24-17/h5-8,11-12,19H,3-4,9-10,13H2,1-2H3. The first-order chi connectivity index (χ1) is 12.0. The number of sulfonamides is 1. The summed E-state index contributed by atoms with van der Waals surface area (Å²) in [5.41, 5.74) is -0.0855. The maximum Gasteiger partial charge on any atom is 0.240 e. The topological polar surface area (TPSA) is 64.6 Å². The number of rotatable bonds is 7. The van der Waals surface area contributed by atoms with Crippen molar-refractivity contribution in [1.82, 2.24) is 4.72 Å². The molecule has 0 aliphatic heterocycles. The molecule has 2 aromatic rings. The normalized spacial score (nSPS) is 16.7. The minimum absolute atomic E-state index is 0.0855. The molecule has 3 rings (SSSR count). The van der Waals surface area contributed by atoms with Crippen LogP contribution < -0.4 is 14.2 Å². The monoisotopic (exact) mass is 381 g/mol. The van der Waals surface area contributed by atoms with Crippen molar-refractivity contribution < 1.29 is 17.9 Å². The van der Waals surface area contributed by atoms with Crippen LogP contribution in [0.3, 0.4) is 0 Å². The molecule has 0 bridgehead atoms. The lowest BCUT2D eigenvalue weighted by molar-refractivity contribution is 0.354. The van der Waals surface area contributed by atoms with E-state index in [0.717, 1.165) is 25.7 Å². The highest BCUT2D eigenvalue weighted by atomic mass is 32.2. The first-order valence-corrected chi connectivity index (χ1v) is 10.6. The number of hydrogen-bond acceptors (Lipinski definition) is 5. The summed E-state index contributed by atoms with van der Waals surface area (Å²) < 4.78 is 38.7. The van der Waals surface area contributed by atoms with Crippen LogP contribution in [-0.2, 0) is 15.4 Å². The molecule has 1 fully saturated rings. The quantitative estimate of drug-likeness (QED) is 0.796. The van der Waals surface area contributed by atoms with E-state index < -0.39 is 10.0 Å². The molecular formula is C18H23NO4S2. The van der Waals surface area contributed by atoms with Gasteiger partial charge in [-0.1, -0.05) is 18.9 Å². The van der Waals surface area contributed by atoms with Gasteiger partial charge in [-0.15, -0.1) is 11.3 Å². The molecule has 1 heterocycles. The van der Waals surface area contributed by atoms with Gasteiger partial charge in [-0.3, -0.25) is 0 Å². The highest BCUT2D eigenvalue weighted by molar-refractivity contribution is 7.89. The van der Waals surface area contributed by atoms with Gasteiger partial charge >= 0.3 is 0 Å². The molecule has 1 aromatic carbocycles. The molecule has 0 amide bonds. The van der Waals surface area contributed by atoms with Crippen LogP contribution in [-0.4, -0.2) is 29.2 Å². The van der Waals surface area contributed by atoms with Crippen molar-refractivity contribution in [2.75, 3.05) is 20.8 Å². The zero-order valence-corrected chi connectivity index (χ0v) is 16.1. The predicted molar refractivity (Wildman–Crippen MR) is 99.2 cm³/mol. The highest BCUT2D eigenvalue weighted by Gasteiger charge is 2.37. The number of hydrogen-bond donors (Lipinski definition) is 1. The Balaban J connectivity index is 1.82. The van der Waals surface area contributed by atoms with Crippen LogP contribution in [0.15, 0.2) is 40.6 Å². The van der Waals surface area contributed by atoms with E-state index >= 15 is 0 Å². The van der Waals surface area contributed by atoms with Crippen molar-refractivity contribution >= 4 is 21.4 Å². The zero-order chi connectivity index (χ0) is 17.9. The van der Waals surface area contributed by atoms with Crippen molar-refractivity contribution in [1.29, 1.82) is 0 Å². The van der Waals surface area contributed by atoms with E-state index in [4.69, 9.17) is 9.47 Å². The SMILES string of the molecule is COc1ccc(S(=O)(=O)NCC2(c3cccs3)CCCC2)cc1OC. The van der Waals surface area contributed by atoms with E-state index in [1.165, 1.54) is 31.2 Å². The lowest BCUT2D eigenvalue weighted by Gasteiger charge is -2.28. The van der Waals surface area contributed by atoms with Crippen LogP contribution in [0.1, 0.15) is 30.6 Å². The van der Waals surface area contributed by atoms with Crippen LogP contribution in [0.2, 0.25) is 0 Å². The van der Waals surface area contributed by atoms with Gasteiger partial charge in [-0.25, -0.2) is 13.1 Å². The second kappa shape index (κ2) is 7.35. The minimum atomic E-state index is -3.62. The average Bonchev–Trinajstić information content (AvgIpc) is 3.31. The Morgan fingerprint density at radius 3 is 2.44 bits per heavy atom. The molecule has 25 heavy (non-hydrogen) atoms. The van der Waals surface area contributed by atoms with E-state index in [1.807, 2.05) is 6.07 Å². The molecule has 7 heteroatoms. The fourth-order valence-corrected chi connectivity index (χ4v) is 5.57. The van der Waals surface area contributed by atoms with Gasteiger partial charge in [0.25, 0.3) is 0 Å².